The number of carbonyl (C=O) groups is 1. The molecule has 1 aliphatic rings. The van der Waals surface area contributed by atoms with Crippen molar-refractivity contribution in [3.05, 3.63) is 34.3 Å². The van der Waals surface area contributed by atoms with Gasteiger partial charge in [0.25, 0.3) is 0 Å². The van der Waals surface area contributed by atoms with Crippen LogP contribution in [0, 0.1) is 0 Å². The van der Waals surface area contributed by atoms with Gasteiger partial charge in [0.1, 0.15) is 5.78 Å². The first-order chi connectivity index (χ1) is 9.09. The average molecular weight is 261 g/mol. The molecule has 19 heavy (non-hydrogen) atoms. The van der Waals surface area contributed by atoms with Crippen molar-refractivity contribution in [2.45, 2.75) is 25.2 Å². The number of rotatable bonds is 4. The van der Waals surface area contributed by atoms with E-state index in [-0.39, 0.29) is 11.2 Å². The summed E-state index contributed by atoms with van der Waals surface area (Å²) in [6.45, 7) is 2.82. The number of hydrogen-bond acceptors (Lipinski definition) is 4. The van der Waals surface area contributed by atoms with Gasteiger partial charge >= 0.3 is 5.76 Å². The molecule has 0 saturated carbocycles. The molecule has 0 spiro atoms. The molecule has 3 rings (SSSR count). The van der Waals surface area contributed by atoms with Crippen LogP contribution in [0.25, 0.3) is 11.1 Å². The van der Waals surface area contributed by atoms with Crippen LogP contribution in [-0.2, 0) is 14.9 Å². The zero-order valence-corrected chi connectivity index (χ0v) is 10.7. The van der Waals surface area contributed by atoms with Crippen molar-refractivity contribution in [1.82, 2.24) is 4.98 Å². The fourth-order valence-corrected chi connectivity index (χ4v) is 2.49. The Morgan fingerprint density at radius 1 is 1.42 bits per heavy atom. The lowest BCUT2D eigenvalue weighted by molar-refractivity contribution is -0.119. The van der Waals surface area contributed by atoms with Crippen molar-refractivity contribution in [2.75, 3.05) is 13.2 Å². The molecule has 100 valence electrons. The van der Waals surface area contributed by atoms with Gasteiger partial charge in [-0.2, -0.15) is 0 Å². The Hall–Kier alpha value is -1.88. The molecule has 0 radical (unpaired) electrons. The Morgan fingerprint density at radius 3 is 2.84 bits per heavy atom. The Balaban J connectivity index is 1.96. The molecule has 0 atom stereocenters. The predicted molar refractivity (Wildman–Crippen MR) is 69.2 cm³/mol. The van der Waals surface area contributed by atoms with Crippen LogP contribution in [0.3, 0.4) is 0 Å². The first-order valence-corrected chi connectivity index (χ1v) is 6.30. The number of benzene rings is 1. The van der Waals surface area contributed by atoms with E-state index in [2.05, 4.69) is 4.98 Å². The van der Waals surface area contributed by atoms with E-state index >= 15 is 0 Å². The molecule has 2 aromatic rings. The summed E-state index contributed by atoms with van der Waals surface area (Å²) in [6.07, 6.45) is 1.31. The van der Waals surface area contributed by atoms with E-state index < -0.39 is 5.76 Å². The van der Waals surface area contributed by atoms with Gasteiger partial charge in [-0.25, -0.2) is 4.79 Å². The third-order valence-corrected chi connectivity index (χ3v) is 3.75. The zero-order valence-electron chi connectivity index (χ0n) is 10.7. The molecule has 0 unspecified atom stereocenters. The number of hydrogen-bond donors (Lipinski definition) is 1. The van der Waals surface area contributed by atoms with Gasteiger partial charge in [-0.1, -0.05) is 6.07 Å². The Bertz CT molecular complexity index is 678. The summed E-state index contributed by atoms with van der Waals surface area (Å²) >= 11 is 0. The fraction of sp³-hybridized carbons (Fsp3) is 0.429. The van der Waals surface area contributed by atoms with Crippen molar-refractivity contribution in [1.29, 1.82) is 0 Å². The Labute approximate surface area is 109 Å². The number of ketones is 1. The average Bonchev–Trinajstić information content (AvgIpc) is 2.66. The molecule has 5 heteroatoms. The first kappa shape index (κ1) is 12.2. The molecule has 1 N–H and O–H groups in total. The van der Waals surface area contributed by atoms with Crippen molar-refractivity contribution in [2.24, 2.45) is 0 Å². The molecular formula is C14H15NO4. The molecule has 1 fully saturated rings. The van der Waals surface area contributed by atoms with Gasteiger partial charge in [0.2, 0.25) is 0 Å². The van der Waals surface area contributed by atoms with E-state index in [1.54, 1.807) is 6.92 Å². The highest BCUT2D eigenvalue weighted by Crippen LogP contribution is 2.37. The van der Waals surface area contributed by atoms with Crippen LogP contribution in [0.1, 0.15) is 25.3 Å². The summed E-state index contributed by atoms with van der Waals surface area (Å²) in [7, 11) is 0. The van der Waals surface area contributed by atoms with Crippen LogP contribution in [0.15, 0.2) is 27.4 Å². The standard InChI is InChI=1S/C14H15NO4/c1-9(16)4-5-14(7-18-8-14)10-2-3-11-12(6-10)19-13(17)15-11/h2-3,6H,4-5,7-8H2,1H3,(H,15,17). The van der Waals surface area contributed by atoms with Crippen LogP contribution in [0.2, 0.25) is 0 Å². The fourth-order valence-electron chi connectivity index (χ4n) is 2.49. The monoisotopic (exact) mass is 261 g/mol. The second-order valence-corrected chi connectivity index (χ2v) is 5.20. The maximum absolute atomic E-state index is 11.2. The van der Waals surface area contributed by atoms with Crippen LogP contribution >= 0.6 is 0 Å². The summed E-state index contributed by atoms with van der Waals surface area (Å²) in [6, 6.07) is 5.68. The molecule has 1 saturated heterocycles. The number of H-pyrrole nitrogens is 1. The van der Waals surface area contributed by atoms with Crippen molar-refractivity contribution in [3.63, 3.8) is 0 Å². The van der Waals surface area contributed by atoms with E-state index in [1.165, 1.54) is 0 Å². The van der Waals surface area contributed by atoms with Crippen molar-refractivity contribution >= 4 is 16.9 Å². The number of ether oxygens (including phenoxy) is 1. The van der Waals surface area contributed by atoms with Crippen molar-refractivity contribution in [3.8, 4) is 0 Å². The summed E-state index contributed by atoms with van der Waals surface area (Å²) in [4.78, 5) is 24.9. The van der Waals surface area contributed by atoms with Gasteiger partial charge < -0.3 is 13.9 Å². The zero-order chi connectivity index (χ0) is 13.5. The smallest absolute Gasteiger partial charge is 0.408 e. The second kappa shape index (κ2) is 4.35. The molecular weight excluding hydrogens is 246 g/mol. The van der Waals surface area contributed by atoms with E-state index in [1.807, 2.05) is 18.2 Å². The normalized spacial score (nSPS) is 17.3. The Morgan fingerprint density at radius 2 is 2.21 bits per heavy atom. The van der Waals surface area contributed by atoms with Gasteiger partial charge in [0.15, 0.2) is 5.58 Å². The third kappa shape index (κ3) is 2.10. The molecule has 0 bridgehead atoms. The molecule has 2 heterocycles. The molecule has 1 aliphatic heterocycles. The first-order valence-electron chi connectivity index (χ1n) is 6.30. The van der Waals surface area contributed by atoms with E-state index in [4.69, 9.17) is 9.15 Å². The molecule has 5 nitrogen and oxygen atoms in total. The maximum atomic E-state index is 11.2. The highest BCUT2D eigenvalue weighted by atomic mass is 16.5. The quantitative estimate of drug-likeness (QED) is 0.910. The van der Waals surface area contributed by atoms with E-state index in [9.17, 15) is 9.59 Å². The number of nitrogens with one attached hydrogen (secondary N) is 1. The molecule has 0 amide bonds. The lowest BCUT2D eigenvalue weighted by Crippen LogP contribution is -2.46. The number of fused-ring (bicyclic) bond motifs is 1. The second-order valence-electron chi connectivity index (χ2n) is 5.20. The van der Waals surface area contributed by atoms with E-state index in [0.29, 0.717) is 30.7 Å². The summed E-state index contributed by atoms with van der Waals surface area (Å²) in [5.74, 6) is -0.268. The van der Waals surface area contributed by atoms with Crippen LogP contribution in [-0.4, -0.2) is 24.0 Å². The minimum atomic E-state index is -0.449. The number of oxazole rings is 1. The lowest BCUT2D eigenvalue weighted by Gasteiger charge is -2.42. The molecule has 1 aromatic heterocycles. The summed E-state index contributed by atoms with van der Waals surface area (Å²) in [5, 5.41) is 0. The van der Waals surface area contributed by atoms with Gasteiger partial charge in [-0.15, -0.1) is 0 Å². The lowest BCUT2D eigenvalue weighted by atomic mass is 9.74. The number of aromatic nitrogens is 1. The van der Waals surface area contributed by atoms with Crippen LogP contribution < -0.4 is 5.76 Å². The van der Waals surface area contributed by atoms with Gasteiger partial charge in [0, 0.05) is 11.8 Å². The minimum Gasteiger partial charge on any atom is -0.408 e. The number of Topliss-reactive ketones (excluding diaryl/α,β-unsaturated/α-hetero) is 1. The SMILES string of the molecule is CC(=O)CCC1(c2ccc3[nH]c(=O)oc3c2)COC1. The minimum absolute atomic E-state index is 0.115. The summed E-state index contributed by atoms with van der Waals surface area (Å²) in [5.41, 5.74) is 2.19. The molecule has 0 aliphatic carbocycles. The largest absolute Gasteiger partial charge is 0.417 e. The predicted octanol–water partition coefficient (Wildman–Crippen LogP) is 1.76. The third-order valence-electron chi connectivity index (χ3n) is 3.75. The van der Waals surface area contributed by atoms with Crippen molar-refractivity contribution < 1.29 is 13.9 Å². The highest BCUT2D eigenvalue weighted by Gasteiger charge is 2.40. The molecule has 1 aromatic carbocycles. The highest BCUT2D eigenvalue weighted by molar-refractivity contribution is 5.76. The van der Waals surface area contributed by atoms with E-state index in [0.717, 1.165) is 12.0 Å². The van der Waals surface area contributed by atoms with Gasteiger partial charge in [-0.3, -0.25) is 4.98 Å². The topological polar surface area (TPSA) is 72.3 Å². The van der Waals surface area contributed by atoms with Crippen LogP contribution in [0.4, 0.5) is 0 Å². The number of carbonyl (C=O) groups excluding carboxylic acids is 1. The van der Waals surface area contributed by atoms with Gasteiger partial charge in [0.05, 0.1) is 18.7 Å². The summed E-state index contributed by atoms with van der Waals surface area (Å²) < 4.78 is 10.4. The number of aromatic amines is 1. The Kier molecular flexibility index (Phi) is 2.78. The van der Waals surface area contributed by atoms with Gasteiger partial charge in [-0.05, 0) is 31.0 Å². The maximum Gasteiger partial charge on any atom is 0.417 e. The van der Waals surface area contributed by atoms with Crippen LogP contribution in [0.5, 0.6) is 0 Å².